The molecule has 1 aromatic carbocycles. The highest BCUT2D eigenvalue weighted by atomic mass is 15.4. The Kier molecular flexibility index (Phi) is 4.39. The topological polar surface area (TPSA) is 58.9 Å². The van der Waals surface area contributed by atoms with Crippen molar-refractivity contribution in [3.05, 3.63) is 47.9 Å². The molecule has 0 unspecified atom stereocenters. The van der Waals surface area contributed by atoms with Crippen LogP contribution in [0.25, 0.3) is 22.0 Å². The molecule has 3 aromatic rings. The summed E-state index contributed by atoms with van der Waals surface area (Å²) in [5.41, 5.74) is 5.35. The van der Waals surface area contributed by atoms with Crippen molar-refractivity contribution in [3.8, 4) is 11.3 Å². The van der Waals surface area contributed by atoms with E-state index in [0.29, 0.717) is 0 Å². The van der Waals surface area contributed by atoms with Gasteiger partial charge in [0.05, 0.1) is 11.9 Å². The Morgan fingerprint density at radius 3 is 2.52 bits per heavy atom. The average molecular weight is 389 g/mol. The smallest absolute Gasteiger partial charge is 0.130 e. The van der Waals surface area contributed by atoms with Gasteiger partial charge in [0, 0.05) is 35.3 Å². The van der Waals surface area contributed by atoms with Crippen LogP contribution in [-0.2, 0) is 7.05 Å². The molecule has 2 aliphatic rings. The van der Waals surface area contributed by atoms with Gasteiger partial charge in [-0.15, -0.1) is 5.10 Å². The lowest BCUT2D eigenvalue weighted by Gasteiger charge is -2.40. The van der Waals surface area contributed by atoms with Gasteiger partial charge < -0.3 is 10.2 Å². The second-order valence-electron chi connectivity index (χ2n) is 8.84. The quantitative estimate of drug-likeness (QED) is 0.725. The molecule has 2 aromatic heterocycles. The number of anilines is 1. The summed E-state index contributed by atoms with van der Waals surface area (Å²) in [4.78, 5) is 7.15. The van der Waals surface area contributed by atoms with E-state index in [0.717, 1.165) is 35.6 Å². The van der Waals surface area contributed by atoms with E-state index in [1.807, 2.05) is 13.2 Å². The van der Waals surface area contributed by atoms with Crippen molar-refractivity contribution in [3.63, 3.8) is 0 Å². The molecule has 1 saturated carbocycles. The Morgan fingerprint density at radius 2 is 1.83 bits per heavy atom. The number of hydrogen-bond acceptors (Lipinski definition) is 5. The minimum atomic E-state index is 0.219. The minimum absolute atomic E-state index is 0.219. The van der Waals surface area contributed by atoms with Crippen LogP contribution in [0.3, 0.4) is 0 Å². The van der Waals surface area contributed by atoms with Gasteiger partial charge in [-0.25, -0.2) is 9.67 Å². The molecule has 1 aliphatic carbocycles. The number of piperidine rings is 1. The maximum Gasteiger partial charge on any atom is 0.130 e. The number of benzene rings is 1. The van der Waals surface area contributed by atoms with Gasteiger partial charge in [0.15, 0.2) is 0 Å². The normalized spacial score (nSPS) is 18.8. The largest absolute Gasteiger partial charge is 0.343 e. The summed E-state index contributed by atoms with van der Waals surface area (Å²) in [7, 11) is 4.14. The average Bonchev–Trinajstić information content (AvgIpc) is 3.47. The van der Waals surface area contributed by atoms with Crippen molar-refractivity contribution in [1.29, 1.82) is 0 Å². The van der Waals surface area contributed by atoms with Gasteiger partial charge in [0.25, 0.3) is 0 Å². The van der Waals surface area contributed by atoms with Crippen LogP contribution >= 0.6 is 0 Å². The number of allylic oxidation sites excluding steroid dienone is 2. The molecule has 3 heterocycles. The molecule has 0 radical (unpaired) electrons. The molecule has 0 atom stereocenters. The molecule has 1 saturated heterocycles. The fourth-order valence-electron chi connectivity index (χ4n) is 4.39. The highest BCUT2D eigenvalue weighted by Gasteiger charge is 2.37. The van der Waals surface area contributed by atoms with Crippen LogP contribution in [0.15, 0.2) is 47.9 Å². The molecule has 6 nitrogen and oxygen atoms in total. The van der Waals surface area contributed by atoms with E-state index in [4.69, 9.17) is 4.98 Å². The summed E-state index contributed by atoms with van der Waals surface area (Å²) < 4.78 is 1.80. The lowest BCUT2D eigenvalue weighted by molar-refractivity contribution is 0.171. The lowest BCUT2D eigenvalue weighted by atomic mass is 9.77. The highest BCUT2D eigenvalue weighted by molar-refractivity contribution is 5.88. The van der Waals surface area contributed by atoms with Crippen molar-refractivity contribution in [2.75, 3.05) is 25.5 Å². The third-order valence-corrected chi connectivity index (χ3v) is 6.53. The Labute approximate surface area is 171 Å². The molecule has 29 heavy (non-hydrogen) atoms. The SMILES string of the molecule is CN1CCC(C)(C(Nc2cc3cc(-c4cnnn4C)ccc3cn2)=C2CC2)CC1. The molecule has 5 rings (SSSR count). The molecule has 0 bridgehead atoms. The molecule has 150 valence electrons. The van der Waals surface area contributed by atoms with E-state index in [2.05, 4.69) is 58.8 Å². The maximum absolute atomic E-state index is 4.72. The fourth-order valence-corrected chi connectivity index (χ4v) is 4.39. The van der Waals surface area contributed by atoms with Crippen molar-refractivity contribution in [2.45, 2.75) is 32.6 Å². The second-order valence-corrected chi connectivity index (χ2v) is 8.84. The van der Waals surface area contributed by atoms with Gasteiger partial charge >= 0.3 is 0 Å². The Bertz CT molecular complexity index is 1080. The number of nitrogens with zero attached hydrogens (tertiary/aromatic N) is 5. The molecule has 0 spiro atoms. The molecular formula is C23H28N6. The van der Waals surface area contributed by atoms with E-state index in [1.54, 1.807) is 16.5 Å². The van der Waals surface area contributed by atoms with Gasteiger partial charge in [-0.05, 0) is 68.9 Å². The molecular weight excluding hydrogens is 360 g/mol. The zero-order valence-electron chi connectivity index (χ0n) is 17.4. The number of pyridine rings is 1. The predicted molar refractivity (Wildman–Crippen MR) is 116 cm³/mol. The standard InChI is InChI=1S/C23H28N6/c1-23(8-10-28(2)11-9-23)22(16-4-5-16)26-21-13-19-12-17(6-7-18(19)14-24-21)20-15-25-27-29(20)3/h6-7,12-15H,4-5,8-11H2,1-3H3,(H,24,26). The van der Waals surface area contributed by atoms with Gasteiger partial charge in [0.1, 0.15) is 5.82 Å². The Balaban J connectivity index is 1.47. The fraction of sp³-hybridized carbons (Fsp3) is 0.435. The number of aryl methyl sites for hydroxylation is 1. The molecule has 0 amide bonds. The summed E-state index contributed by atoms with van der Waals surface area (Å²) in [5.74, 6) is 0.937. The van der Waals surface area contributed by atoms with Crippen LogP contribution in [-0.4, -0.2) is 45.0 Å². The molecule has 2 fully saturated rings. The van der Waals surface area contributed by atoms with Gasteiger partial charge in [-0.1, -0.05) is 24.3 Å². The third kappa shape index (κ3) is 3.53. The van der Waals surface area contributed by atoms with E-state index in [-0.39, 0.29) is 5.41 Å². The summed E-state index contributed by atoms with van der Waals surface area (Å²) in [6, 6.07) is 8.59. The van der Waals surface area contributed by atoms with E-state index < -0.39 is 0 Å². The lowest BCUT2D eigenvalue weighted by Crippen LogP contribution is -2.39. The summed E-state index contributed by atoms with van der Waals surface area (Å²) in [6.07, 6.45) is 8.60. The minimum Gasteiger partial charge on any atom is -0.343 e. The van der Waals surface area contributed by atoms with E-state index in [9.17, 15) is 0 Å². The summed E-state index contributed by atoms with van der Waals surface area (Å²) >= 11 is 0. The van der Waals surface area contributed by atoms with Gasteiger partial charge in [0.2, 0.25) is 0 Å². The number of likely N-dealkylation sites (tertiary alicyclic amines) is 1. The van der Waals surface area contributed by atoms with Crippen LogP contribution in [0.1, 0.15) is 32.6 Å². The van der Waals surface area contributed by atoms with Crippen LogP contribution in [0.5, 0.6) is 0 Å². The number of rotatable bonds is 4. The zero-order chi connectivity index (χ0) is 20.0. The number of aromatic nitrogens is 4. The molecule has 1 aliphatic heterocycles. The first kappa shape index (κ1) is 18.3. The zero-order valence-corrected chi connectivity index (χ0v) is 17.4. The predicted octanol–water partition coefficient (Wildman–Crippen LogP) is 4.22. The van der Waals surface area contributed by atoms with Crippen LogP contribution in [0.2, 0.25) is 0 Å². The van der Waals surface area contributed by atoms with Crippen LogP contribution in [0, 0.1) is 5.41 Å². The number of nitrogens with one attached hydrogen (secondary N) is 1. The van der Waals surface area contributed by atoms with E-state index in [1.165, 1.54) is 36.8 Å². The van der Waals surface area contributed by atoms with Crippen molar-refractivity contribution >= 4 is 16.6 Å². The van der Waals surface area contributed by atoms with Crippen LogP contribution < -0.4 is 5.32 Å². The van der Waals surface area contributed by atoms with Gasteiger partial charge in [-0.3, -0.25) is 0 Å². The van der Waals surface area contributed by atoms with Gasteiger partial charge in [-0.2, -0.15) is 0 Å². The van der Waals surface area contributed by atoms with Crippen LogP contribution in [0.4, 0.5) is 5.82 Å². The third-order valence-electron chi connectivity index (χ3n) is 6.53. The molecule has 1 N–H and O–H groups in total. The first-order chi connectivity index (χ1) is 14.0. The first-order valence-electron chi connectivity index (χ1n) is 10.4. The Morgan fingerprint density at radius 1 is 1.03 bits per heavy atom. The second kappa shape index (κ2) is 6.95. The maximum atomic E-state index is 4.72. The Hall–Kier alpha value is -2.73. The van der Waals surface area contributed by atoms with Crippen molar-refractivity contribution in [1.82, 2.24) is 24.9 Å². The number of hydrogen-bond donors (Lipinski definition) is 1. The highest BCUT2D eigenvalue weighted by Crippen LogP contribution is 2.45. The van der Waals surface area contributed by atoms with Crippen molar-refractivity contribution in [2.24, 2.45) is 12.5 Å². The first-order valence-corrected chi connectivity index (χ1v) is 10.4. The van der Waals surface area contributed by atoms with E-state index >= 15 is 0 Å². The monoisotopic (exact) mass is 388 g/mol. The molecule has 6 heteroatoms. The number of fused-ring (bicyclic) bond motifs is 1. The summed E-state index contributed by atoms with van der Waals surface area (Å²) in [5, 5.41) is 14.1. The van der Waals surface area contributed by atoms with Crippen molar-refractivity contribution < 1.29 is 0 Å². The summed E-state index contributed by atoms with van der Waals surface area (Å²) in [6.45, 7) is 4.73.